The van der Waals surface area contributed by atoms with Crippen LogP contribution in [0.2, 0.25) is 0 Å². The van der Waals surface area contributed by atoms with Gasteiger partial charge in [0, 0.05) is 36.4 Å². The first-order chi connectivity index (χ1) is 52.1. The van der Waals surface area contributed by atoms with Gasteiger partial charge in [-0.05, 0) is 106 Å². The molecule has 37 nitrogen and oxygen atoms in total. The van der Waals surface area contributed by atoms with Crippen molar-refractivity contribution in [1.82, 2.24) is 74.1 Å². The number of carboxylic acid groups (broad SMARTS) is 2. The van der Waals surface area contributed by atoms with Gasteiger partial charge in [-0.2, -0.15) is 0 Å². The lowest BCUT2D eigenvalue weighted by Gasteiger charge is -2.30. The van der Waals surface area contributed by atoms with E-state index in [-0.39, 0.29) is 58.2 Å². The molecule has 0 saturated carbocycles. The van der Waals surface area contributed by atoms with Crippen LogP contribution >= 0.6 is 0 Å². The van der Waals surface area contributed by atoms with Crippen LogP contribution in [-0.4, -0.2) is 237 Å². The number of aromatic nitrogens is 1. The van der Waals surface area contributed by atoms with Crippen LogP contribution in [0.15, 0.2) is 60.8 Å². The highest BCUT2D eigenvalue weighted by Crippen LogP contribution is 2.21. The van der Waals surface area contributed by atoms with Crippen LogP contribution in [0.25, 0.3) is 10.9 Å². The average Bonchev–Trinajstić information content (AvgIpc) is 1.66. The molecule has 0 aliphatic heterocycles. The first-order valence-corrected chi connectivity index (χ1v) is 37.0. The number of hydrogen-bond donors (Lipinski definition) is 22. The summed E-state index contributed by atoms with van der Waals surface area (Å²) in [4.78, 5) is 207. The molecule has 0 radical (unpaired) electrons. The van der Waals surface area contributed by atoms with Gasteiger partial charge in [-0.3, -0.25) is 71.9 Å². The van der Waals surface area contributed by atoms with Gasteiger partial charge >= 0.3 is 11.9 Å². The van der Waals surface area contributed by atoms with Crippen molar-refractivity contribution in [3.63, 3.8) is 0 Å². The van der Waals surface area contributed by atoms with Crippen LogP contribution in [0.5, 0.6) is 0 Å². The Balaban J connectivity index is 1.85. The lowest BCUT2D eigenvalue weighted by molar-refractivity contribution is -0.142. The van der Waals surface area contributed by atoms with Crippen molar-refractivity contribution in [3.05, 3.63) is 71.9 Å². The molecule has 0 fully saturated rings. The molecular formula is C73H115N17O20. The minimum Gasteiger partial charge on any atom is -0.481 e. The first kappa shape index (κ1) is 94.0. The zero-order valence-electron chi connectivity index (χ0n) is 63.9. The van der Waals surface area contributed by atoms with Gasteiger partial charge in [0.25, 0.3) is 0 Å². The molecule has 3 aromatic rings. The number of amides is 13. The van der Waals surface area contributed by atoms with Crippen molar-refractivity contribution in [2.24, 2.45) is 40.9 Å². The Morgan fingerprint density at radius 2 is 0.855 bits per heavy atom. The molecule has 0 unspecified atom stereocenters. The Hall–Kier alpha value is -10.2. The summed E-state index contributed by atoms with van der Waals surface area (Å²) in [5.41, 5.74) is 19.2. The molecule has 1 heterocycles. The fourth-order valence-corrected chi connectivity index (χ4v) is 11.3. The van der Waals surface area contributed by atoms with Gasteiger partial charge < -0.3 is 117 Å². The molecule has 15 atom stereocenters. The fraction of sp³-hybridized carbons (Fsp3) is 0.603. The van der Waals surface area contributed by atoms with E-state index in [0.717, 1.165) is 6.42 Å². The van der Waals surface area contributed by atoms with Crippen molar-refractivity contribution < 1.29 is 97.5 Å². The monoisotopic (exact) mass is 1550 g/mol. The third-order valence-corrected chi connectivity index (χ3v) is 18.4. The molecule has 37 heteroatoms. The number of rotatable bonds is 51. The van der Waals surface area contributed by atoms with E-state index in [1.165, 1.54) is 13.1 Å². The average molecular weight is 1550 g/mol. The zero-order chi connectivity index (χ0) is 82.5. The van der Waals surface area contributed by atoms with Crippen LogP contribution in [-0.2, 0) is 84.8 Å². The van der Waals surface area contributed by atoms with E-state index in [1.54, 1.807) is 96.1 Å². The van der Waals surface area contributed by atoms with E-state index in [0.29, 0.717) is 47.2 Å². The summed E-state index contributed by atoms with van der Waals surface area (Å²) in [6.07, 6.45) is 0.102. The van der Waals surface area contributed by atoms with Crippen LogP contribution in [0, 0.1) is 23.7 Å². The molecule has 0 aliphatic rings. The molecule has 612 valence electrons. The number of para-hydroxylation sites is 1. The topological polar surface area (TPSA) is 607 Å². The minimum absolute atomic E-state index is 0.109. The molecule has 0 spiro atoms. The summed E-state index contributed by atoms with van der Waals surface area (Å²) in [7, 11) is 0. The normalized spacial score (nSPS) is 15.4. The zero-order valence-corrected chi connectivity index (χ0v) is 63.9. The second-order valence-electron chi connectivity index (χ2n) is 28.0. The Labute approximate surface area is 638 Å². The van der Waals surface area contributed by atoms with Gasteiger partial charge in [-0.1, -0.05) is 117 Å². The highest BCUT2D eigenvalue weighted by molar-refractivity contribution is 6.00. The van der Waals surface area contributed by atoms with E-state index >= 15 is 0 Å². The summed E-state index contributed by atoms with van der Waals surface area (Å²) in [5, 5.41) is 83.3. The summed E-state index contributed by atoms with van der Waals surface area (Å²) < 4.78 is 0. The van der Waals surface area contributed by atoms with Gasteiger partial charge in [-0.15, -0.1) is 0 Å². The highest BCUT2D eigenvalue weighted by Gasteiger charge is 2.38. The lowest BCUT2D eigenvalue weighted by Crippen LogP contribution is -2.62. The van der Waals surface area contributed by atoms with Crippen LogP contribution in [0.1, 0.15) is 138 Å². The number of aliphatic carboxylic acids is 2. The number of aliphatic hydroxyl groups is 3. The molecular weight excluding hydrogens is 1430 g/mol. The van der Waals surface area contributed by atoms with Gasteiger partial charge in [0.1, 0.15) is 72.5 Å². The van der Waals surface area contributed by atoms with E-state index in [4.69, 9.17) is 17.2 Å². The number of H-pyrrole nitrogens is 1. The maximum atomic E-state index is 14.5. The maximum absolute atomic E-state index is 14.5. The van der Waals surface area contributed by atoms with Crippen molar-refractivity contribution in [2.45, 2.75) is 218 Å². The third kappa shape index (κ3) is 31.8. The van der Waals surface area contributed by atoms with E-state index in [9.17, 15) is 97.5 Å². The SMILES string of the molecule is CC[C@H](C)CC[C@@H](O)CC(=O)N[C@@H](C(=O)N[C@H](CCN)C(=O)NCC(=O)N[C@H](CO)C(=O)N[C@H](Cc1c[nH]c2ccccc12)C(=O)N[C@@H](CO)C(=O)N[C@@H](CCN)C(=O)N[C@H](CCN)C(=O)N[C@@H](Cc1ccccc1)C(=O)N[C@@H](CCC(=O)O)C(=O)N[C@H](C(=O)N[C@@H](C(=O)N[C@@H](C)C(=O)O)[C@@H](C)CC)C(C)C)C(C)C. The van der Waals surface area contributed by atoms with E-state index in [1.807, 2.05) is 13.8 Å². The van der Waals surface area contributed by atoms with Gasteiger partial charge in [0.2, 0.25) is 76.8 Å². The number of hydrogen-bond acceptors (Lipinski definition) is 21. The van der Waals surface area contributed by atoms with Crippen molar-refractivity contribution >= 4 is 99.6 Å². The lowest BCUT2D eigenvalue weighted by atomic mass is 9.96. The molecule has 1 aromatic heterocycles. The van der Waals surface area contributed by atoms with Crippen LogP contribution in [0.3, 0.4) is 0 Å². The summed E-state index contributed by atoms with van der Waals surface area (Å²) in [6, 6.07) is -3.23. The third-order valence-electron chi connectivity index (χ3n) is 18.4. The number of carbonyl (C=O) groups excluding carboxylic acids is 13. The van der Waals surface area contributed by atoms with E-state index < -0.39 is 218 Å². The summed E-state index contributed by atoms with van der Waals surface area (Å²) >= 11 is 0. The number of nitrogens with two attached hydrogens (primary N) is 3. The number of fused-ring (bicyclic) bond motifs is 1. The second-order valence-corrected chi connectivity index (χ2v) is 28.0. The Kier molecular flexibility index (Phi) is 41.3. The summed E-state index contributed by atoms with van der Waals surface area (Å²) in [5.74, 6) is -16.6. The molecule has 0 aliphatic carbocycles. The number of carboxylic acids is 2. The molecule has 25 N–H and O–H groups in total. The highest BCUT2D eigenvalue weighted by atomic mass is 16.4. The Bertz CT molecular complexity index is 3560. The summed E-state index contributed by atoms with van der Waals surface area (Å²) in [6.45, 7) is 11.4. The maximum Gasteiger partial charge on any atom is 0.325 e. The van der Waals surface area contributed by atoms with Gasteiger partial charge in [0.05, 0.1) is 32.3 Å². The number of nitrogens with one attached hydrogen (secondary N) is 14. The largest absolute Gasteiger partial charge is 0.481 e. The first-order valence-electron chi connectivity index (χ1n) is 37.0. The number of carbonyl (C=O) groups is 15. The van der Waals surface area contributed by atoms with E-state index in [2.05, 4.69) is 74.1 Å². The molecule has 0 bridgehead atoms. The van der Waals surface area contributed by atoms with Crippen molar-refractivity contribution in [3.8, 4) is 0 Å². The van der Waals surface area contributed by atoms with Crippen molar-refractivity contribution in [2.75, 3.05) is 39.4 Å². The molecule has 2 aromatic carbocycles. The number of aromatic amines is 1. The van der Waals surface area contributed by atoms with Crippen molar-refractivity contribution in [1.29, 1.82) is 0 Å². The smallest absolute Gasteiger partial charge is 0.325 e. The standard InChI is InChI=1S/C73H115N17O20/c1-10-40(7)21-22-45(93)33-56(94)88-59(38(3)4)70(106)84-49(25-28-74)62(98)78-35-57(95)80-54(36-91)68(104)86-53(32-44-34-77-47-20-16-15-19-46(44)47)67(103)87-55(37-92)69(105)83-50(26-29-75)63(99)82-51(27-30-76)64(100)85-52(31-43-17-13-12-14-18-43)66(102)81-48(23-24-58(96)97)65(101)89-60(39(5)6)71(107)90-61(41(8)11-2)72(108)79-42(9)73(109)110/h12-20,34,38-42,45,48-55,59-61,77,91-93H,10-11,21-33,35-37,74-76H2,1-9H3,(H,78,98)(H,79,108)(H,80,95)(H,81,102)(H,82,99)(H,83,105)(H,84,106)(H,85,100)(H,86,104)(H,87,103)(H,88,94)(H,89,101)(H,90,107)(H,96,97)(H,109,110)/t40-,41-,42-,45+,48-,49+,50-,51+,52-,53+,54+,55-,59+,60-,61+/m0/s1. The molecule has 110 heavy (non-hydrogen) atoms. The predicted octanol–water partition coefficient (Wildman–Crippen LogP) is -4.18. The van der Waals surface area contributed by atoms with Crippen LogP contribution in [0.4, 0.5) is 0 Å². The number of aliphatic hydroxyl groups excluding tert-OH is 3. The minimum atomic E-state index is -1.88. The van der Waals surface area contributed by atoms with Crippen LogP contribution < -0.4 is 86.3 Å². The fourth-order valence-electron chi connectivity index (χ4n) is 11.3. The molecule has 0 saturated heterocycles. The van der Waals surface area contributed by atoms with Gasteiger partial charge in [0.15, 0.2) is 0 Å². The van der Waals surface area contributed by atoms with Gasteiger partial charge in [-0.25, -0.2) is 0 Å². The predicted molar refractivity (Wildman–Crippen MR) is 402 cm³/mol. The quantitative estimate of drug-likeness (QED) is 0.0255. The Morgan fingerprint density at radius 1 is 0.427 bits per heavy atom. The second kappa shape index (κ2) is 48.3. The molecule has 13 amide bonds. The Morgan fingerprint density at radius 3 is 1.36 bits per heavy atom. The number of benzene rings is 2. The molecule has 3 rings (SSSR count).